The molecular weight excluding hydrogens is 360 g/mol. The maximum atomic E-state index is 12.4. The zero-order valence-electron chi connectivity index (χ0n) is 16.6. The highest BCUT2D eigenvalue weighted by molar-refractivity contribution is 5.81. The van der Waals surface area contributed by atoms with Gasteiger partial charge < -0.3 is 20.1 Å². The van der Waals surface area contributed by atoms with Gasteiger partial charge in [0, 0.05) is 25.6 Å². The standard InChI is InChI=1S/C21H30N2O5/c1-15(2)12-17(21(26)27)13-22-20(25)16-8-10-23(11-9-16)19(24)14-28-18-6-4-3-5-7-18/h3-7,15-17H,8-14H2,1-2H3,(H,22,25)(H,26,27). The van der Waals surface area contributed by atoms with Crippen molar-refractivity contribution in [3.8, 4) is 5.75 Å². The van der Waals surface area contributed by atoms with Crippen LogP contribution in [0.2, 0.25) is 0 Å². The molecule has 2 amide bonds. The molecule has 0 radical (unpaired) electrons. The molecule has 1 heterocycles. The second-order valence-electron chi connectivity index (χ2n) is 7.67. The Bertz CT molecular complexity index is 654. The third kappa shape index (κ3) is 6.87. The Morgan fingerprint density at radius 3 is 2.39 bits per heavy atom. The monoisotopic (exact) mass is 390 g/mol. The number of ether oxygens (including phenoxy) is 1. The van der Waals surface area contributed by atoms with Crippen molar-refractivity contribution >= 4 is 17.8 Å². The van der Waals surface area contributed by atoms with E-state index in [1.165, 1.54) is 0 Å². The first kappa shape index (κ1) is 21.7. The van der Waals surface area contributed by atoms with E-state index in [1.54, 1.807) is 17.0 Å². The summed E-state index contributed by atoms with van der Waals surface area (Å²) in [5.41, 5.74) is 0. The molecule has 1 aromatic rings. The first-order valence-electron chi connectivity index (χ1n) is 9.83. The van der Waals surface area contributed by atoms with Crippen molar-refractivity contribution in [1.29, 1.82) is 0 Å². The van der Waals surface area contributed by atoms with E-state index in [2.05, 4.69) is 5.32 Å². The number of nitrogens with one attached hydrogen (secondary N) is 1. The molecule has 154 valence electrons. The van der Waals surface area contributed by atoms with Gasteiger partial charge in [-0.3, -0.25) is 14.4 Å². The summed E-state index contributed by atoms with van der Waals surface area (Å²) in [4.78, 5) is 37.7. The number of hydrogen-bond donors (Lipinski definition) is 2. The summed E-state index contributed by atoms with van der Waals surface area (Å²) in [5.74, 6) is -0.945. The van der Waals surface area contributed by atoms with E-state index in [9.17, 15) is 19.5 Å². The maximum absolute atomic E-state index is 12.4. The smallest absolute Gasteiger partial charge is 0.308 e. The number of benzene rings is 1. The molecule has 0 bridgehead atoms. The van der Waals surface area contributed by atoms with Crippen LogP contribution in [0.1, 0.15) is 33.1 Å². The van der Waals surface area contributed by atoms with Crippen molar-refractivity contribution in [1.82, 2.24) is 10.2 Å². The Balaban J connectivity index is 1.72. The van der Waals surface area contributed by atoms with Crippen LogP contribution in [0.3, 0.4) is 0 Å². The maximum Gasteiger partial charge on any atom is 0.308 e. The molecule has 0 spiro atoms. The number of carbonyl (C=O) groups excluding carboxylic acids is 2. The average molecular weight is 390 g/mol. The number of piperidine rings is 1. The third-order valence-electron chi connectivity index (χ3n) is 4.95. The third-order valence-corrected chi connectivity index (χ3v) is 4.95. The fourth-order valence-electron chi connectivity index (χ4n) is 3.35. The van der Waals surface area contributed by atoms with E-state index in [4.69, 9.17) is 4.74 Å². The molecule has 1 atom stereocenters. The number of likely N-dealkylation sites (tertiary alicyclic amines) is 1. The van der Waals surface area contributed by atoms with E-state index >= 15 is 0 Å². The lowest BCUT2D eigenvalue weighted by Crippen LogP contribution is -2.45. The summed E-state index contributed by atoms with van der Waals surface area (Å²) in [7, 11) is 0. The molecule has 0 aromatic heterocycles. The van der Waals surface area contributed by atoms with Crippen molar-refractivity contribution in [3.63, 3.8) is 0 Å². The molecule has 1 unspecified atom stereocenters. The molecule has 1 fully saturated rings. The van der Waals surface area contributed by atoms with E-state index in [1.807, 2.05) is 32.0 Å². The summed E-state index contributed by atoms with van der Waals surface area (Å²) < 4.78 is 5.49. The van der Waals surface area contributed by atoms with Crippen LogP contribution in [0.4, 0.5) is 0 Å². The van der Waals surface area contributed by atoms with Gasteiger partial charge in [-0.1, -0.05) is 32.0 Å². The largest absolute Gasteiger partial charge is 0.484 e. The number of rotatable bonds is 9. The number of carboxylic acids is 1. The Morgan fingerprint density at radius 2 is 1.82 bits per heavy atom. The van der Waals surface area contributed by atoms with Crippen LogP contribution in [-0.2, 0) is 14.4 Å². The Hall–Kier alpha value is -2.57. The summed E-state index contributed by atoms with van der Waals surface area (Å²) in [5, 5.41) is 12.0. The fourth-order valence-corrected chi connectivity index (χ4v) is 3.35. The van der Waals surface area contributed by atoms with E-state index in [0.29, 0.717) is 38.1 Å². The van der Waals surface area contributed by atoms with Crippen molar-refractivity contribution in [2.45, 2.75) is 33.1 Å². The van der Waals surface area contributed by atoms with Crippen LogP contribution in [0.25, 0.3) is 0 Å². The van der Waals surface area contributed by atoms with Gasteiger partial charge >= 0.3 is 5.97 Å². The summed E-state index contributed by atoms with van der Waals surface area (Å²) in [6, 6.07) is 9.17. The molecule has 0 aliphatic carbocycles. The van der Waals surface area contributed by atoms with Gasteiger partial charge in [0.2, 0.25) is 5.91 Å². The van der Waals surface area contributed by atoms with Crippen molar-refractivity contribution in [3.05, 3.63) is 30.3 Å². The summed E-state index contributed by atoms with van der Waals surface area (Å²) in [6.07, 6.45) is 1.68. The van der Waals surface area contributed by atoms with E-state index in [0.717, 1.165) is 0 Å². The normalized spacial score (nSPS) is 15.9. The molecule has 7 nitrogen and oxygen atoms in total. The van der Waals surface area contributed by atoms with Gasteiger partial charge in [0.25, 0.3) is 5.91 Å². The molecule has 1 aliphatic rings. The predicted molar refractivity (Wildman–Crippen MR) is 105 cm³/mol. The highest BCUT2D eigenvalue weighted by atomic mass is 16.5. The van der Waals surface area contributed by atoms with Crippen LogP contribution in [0.15, 0.2) is 30.3 Å². The van der Waals surface area contributed by atoms with Gasteiger partial charge in [0.1, 0.15) is 5.75 Å². The summed E-state index contributed by atoms with van der Waals surface area (Å²) in [6.45, 7) is 5.07. The Morgan fingerprint density at radius 1 is 1.18 bits per heavy atom. The number of para-hydroxylation sites is 1. The lowest BCUT2D eigenvalue weighted by molar-refractivity contribution is -0.142. The second kappa shape index (κ2) is 10.7. The fraction of sp³-hybridized carbons (Fsp3) is 0.571. The zero-order chi connectivity index (χ0) is 20.5. The molecule has 1 saturated heterocycles. The quantitative estimate of drug-likeness (QED) is 0.674. The minimum Gasteiger partial charge on any atom is -0.484 e. The van der Waals surface area contributed by atoms with Crippen LogP contribution in [0, 0.1) is 17.8 Å². The lowest BCUT2D eigenvalue weighted by Gasteiger charge is -2.31. The molecule has 0 saturated carbocycles. The van der Waals surface area contributed by atoms with Crippen molar-refractivity contribution < 1.29 is 24.2 Å². The number of aliphatic carboxylic acids is 1. The van der Waals surface area contributed by atoms with E-state index in [-0.39, 0.29) is 36.8 Å². The molecule has 7 heteroatoms. The Kier molecular flexibility index (Phi) is 8.29. The number of nitrogens with zero attached hydrogens (tertiary/aromatic N) is 1. The highest BCUT2D eigenvalue weighted by Crippen LogP contribution is 2.19. The lowest BCUT2D eigenvalue weighted by atomic mass is 9.94. The van der Waals surface area contributed by atoms with Gasteiger partial charge in [-0.2, -0.15) is 0 Å². The molecule has 2 rings (SSSR count). The minimum absolute atomic E-state index is 0.0175. The zero-order valence-corrected chi connectivity index (χ0v) is 16.6. The van der Waals surface area contributed by atoms with Crippen LogP contribution in [-0.4, -0.2) is 54.0 Å². The van der Waals surface area contributed by atoms with Crippen LogP contribution >= 0.6 is 0 Å². The number of amides is 2. The first-order valence-corrected chi connectivity index (χ1v) is 9.83. The molecule has 28 heavy (non-hydrogen) atoms. The van der Waals surface area contributed by atoms with Crippen molar-refractivity contribution in [2.24, 2.45) is 17.8 Å². The molecule has 1 aromatic carbocycles. The molecule has 1 aliphatic heterocycles. The topological polar surface area (TPSA) is 95.9 Å². The van der Waals surface area contributed by atoms with Crippen molar-refractivity contribution in [2.75, 3.05) is 26.2 Å². The van der Waals surface area contributed by atoms with Gasteiger partial charge in [-0.15, -0.1) is 0 Å². The molecule has 2 N–H and O–H groups in total. The van der Waals surface area contributed by atoms with E-state index < -0.39 is 11.9 Å². The average Bonchev–Trinajstić information content (AvgIpc) is 2.69. The van der Waals surface area contributed by atoms with Crippen LogP contribution in [0.5, 0.6) is 5.75 Å². The second-order valence-corrected chi connectivity index (χ2v) is 7.67. The van der Waals surface area contributed by atoms with Gasteiger partial charge in [0.15, 0.2) is 6.61 Å². The highest BCUT2D eigenvalue weighted by Gasteiger charge is 2.28. The SMILES string of the molecule is CC(C)CC(CNC(=O)C1CCN(C(=O)COc2ccccc2)CC1)C(=O)O. The van der Waals surface area contributed by atoms with Crippen LogP contribution < -0.4 is 10.1 Å². The van der Waals surface area contributed by atoms with Gasteiger partial charge in [0.05, 0.1) is 5.92 Å². The minimum atomic E-state index is -0.882. The number of carboxylic acid groups (broad SMARTS) is 1. The van der Waals surface area contributed by atoms with Gasteiger partial charge in [-0.05, 0) is 37.3 Å². The first-order chi connectivity index (χ1) is 13.4. The molecular formula is C21H30N2O5. The Labute approximate surface area is 166 Å². The predicted octanol–water partition coefficient (Wildman–Crippen LogP) is 2.17. The number of carbonyl (C=O) groups is 3. The van der Waals surface area contributed by atoms with Gasteiger partial charge in [-0.25, -0.2) is 0 Å². The number of hydrogen-bond acceptors (Lipinski definition) is 4. The summed E-state index contributed by atoms with van der Waals surface area (Å²) >= 11 is 0.